The molecule has 1 fully saturated rings. The highest BCUT2D eigenvalue weighted by Gasteiger charge is 2.16. The Morgan fingerprint density at radius 1 is 1.19 bits per heavy atom. The molecule has 1 atom stereocenters. The molecule has 6 heteroatoms. The van der Waals surface area contributed by atoms with Gasteiger partial charge in [-0.1, -0.05) is 6.07 Å². The normalized spacial score (nSPS) is 17.0. The number of nitrogens with zero attached hydrogens (tertiary/aromatic N) is 1. The van der Waals surface area contributed by atoms with Crippen LogP contribution in [0.4, 0.5) is 10.1 Å². The van der Waals surface area contributed by atoms with Crippen molar-refractivity contribution in [3.8, 4) is 0 Å². The predicted octanol–water partition coefficient (Wildman–Crippen LogP) is 3.82. The van der Waals surface area contributed by atoms with Gasteiger partial charge in [0.15, 0.2) is 0 Å². The van der Waals surface area contributed by atoms with Gasteiger partial charge in [0.25, 0.3) is 5.91 Å². The van der Waals surface area contributed by atoms with Crippen LogP contribution in [0, 0.1) is 19.7 Å². The van der Waals surface area contributed by atoms with Gasteiger partial charge in [-0.2, -0.15) is 0 Å². The number of carbonyl (C=O) groups excluding carboxylic acids is 1. The number of hydrogen-bond acceptors (Lipinski definition) is 3. The molecular formula is C21H24FN3O2. The van der Waals surface area contributed by atoms with Crippen molar-refractivity contribution in [2.75, 3.05) is 18.5 Å². The molecule has 27 heavy (non-hydrogen) atoms. The van der Waals surface area contributed by atoms with Crippen LogP contribution in [-0.4, -0.2) is 31.1 Å². The topological polar surface area (TPSA) is 62.7 Å². The Balaban J connectivity index is 1.75. The second-order valence-corrected chi connectivity index (χ2v) is 6.71. The Morgan fingerprint density at radius 3 is 2.63 bits per heavy atom. The largest absolute Gasteiger partial charge is 0.376 e. The molecule has 2 aromatic carbocycles. The molecule has 0 bridgehead atoms. The van der Waals surface area contributed by atoms with Crippen molar-refractivity contribution < 1.29 is 13.9 Å². The fourth-order valence-electron chi connectivity index (χ4n) is 2.83. The summed E-state index contributed by atoms with van der Waals surface area (Å²) in [7, 11) is 0. The van der Waals surface area contributed by atoms with Gasteiger partial charge in [-0.3, -0.25) is 10.1 Å². The van der Waals surface area contributed by atoms with Crippen LogP contribution in [0.2, 0.25) is 0 Å². The van der Waals surface area contributed by atoms with Crippen molar-refractivity contribution in [1.29, 1.82) is 0 Å². The average Bonchev–Trinajstić information content (AvgIpc) is 3.17. The van der Waals surface area contributed by atoms with Gasteiger partial charge in [-0.15, -0.1) is 0 Å². The van der Waals surface area contributed by atoms with Gasteiger partial charge in [0.05, 0.1) is 12.6 Å². The van der Waals surface area contributed by atoms with Crippen LogP contribution in [0.15, 0.2) is 47.5 Å². The van der Waals surface area contributed by atoms with Gasteiger partial charge in [0.1, 0.15) is 5.82 Å². The van der Waals surface area contributed by atoms with Gasteiger partial charge in [0.2, 0.25) is 5.96 Å². The maximum absolute atomic E-state index is 13.1. The molecule has 2 aromatic rings. The fraction of sp³-hybridized carbons (Fsp3) is 0.333. The molecule has 2 N–H and O–H groups in total. The van der Waals surface area contributed by atoms with Gasteiger partial charge >= 0.3 is 0 Å². The minimum absolute atomic E-state index is 0.0734. The number of aliphatic imine (C=N–C) groups is 1. The van der Waals surface area contributed by atoms with E-state index >= 15 is 0 Å². The highest BCUT2D eigenvalue weighted by molar-refractivity contribution is 6.09. The number of anilines is 1. The number of guanidine groups is 1. The zero-order valence-electron chi connectivity index (χ0n) is 15.6. The number of nitrogens with one attached hydrogen (secondary N) is 2. The number of carbonyl (C=O) groups is 1. The van der Waals surface area contributed by atoms with Crippen molar-refractivity contribution >= 4 is 17.6 Å². The lowest BCUT2D eigenvalue weighted by atomic mass is 10.1. The quantitative estimate of drug-likeness (QED) is 0.636. The Bertz CT molecular complexity index is 828. The zero-order chi connectivity index (χ0) is 19.2. The molecule has 0 saturated carbocycles. The second-order valence-electron chi connectivity index (χ2n) is 6.71. The molecule has 5 nitrogen and oxygen atoms in total. The molecule has 142 valence electrons. The van der Waals surface area contributed by atoms with Gasteiger partial charge < -0.3 is 10.1 Å². The molecule has 1 aliphatic rings. The number of rotatable bonds is 4. The Morgan fingerprint density at radius 2 is 1.96 bits per heavy atom. The van der Waals surface area contributed by atoms with Crippen LogP contribution in [0.3, 0.4) is 0 Å². The van der Waals surface area contributed by atoms with Crippen molar-refractivity contribution in [2.24, 2.45) is 4.99 Å². The van der Waals surface area contributed by atoms with E-state index in [4.69, 9.17) is 4.74 Å². The summed E-state index contributed by atoms with van der Waals surface area (Å²) in [5.74, 6) is -0.382. The first-order chi connectivity index (χ1) is 13.0. The van der Waals surface area contributed by atoms with Crippen LogP contribution in [0.25, 0.3) is 0 Å². The maximum Gasteiger partial charge on any atom is 0.257 e. The van der Waals surface area contributed by atoms with Crippen LogP contribution in [0.5, 0.6) is 0 Å². The first kappa shape index (κ1) is 19.0. The molecule has 3 rings (SSSR count). The first-order valence-corrected chi connectivity index (χ1v) is 9.08. The number of halogens is 1. The number of benzene rings is 2. The third-order valence-corrected chi connectivity index (χ3v) is 4.59. The zero-order valence-corrected chi connectivity index (χ0v) is 15.6. The molecule has 1 amide bonds. The van der Waals surface area contributed by atoms with Crippen LogP contribution >= 0.6 is 0 Å². The minimum Gasteiger partial charge on any atom is -0.376 e. The molecule has 0 aromatic heterocycles. The average molecular weight is 369 g/mol. The standard InChI is InChI=1S/C21H24FN3O2/c1-14-5-10-18(12-15(14)2)24-21(23-13-19-4-3-11-27-19)25-20(26)16-6-8-17(22)9-7-16/h5-10,12,19H,3-4,11,13H2,1-2H3,(H2,23,24,25,26). The molecule has 0 radical (unpaired) electrons. The van der Waals surface area contributed by atoms with E-state index in [9.17, 15) is 9.18 Å². The lowest BCUT2D eigenvalue weighted by Gasteiger charge is -2.14. The molecular weight excluding hydrogens is 345 g/mol. The van der Waals surface area contributed by atoms with Crippen molar-refractivity contribution in [3.05, 3.63) is 65.0 Å². The Hall–Kier alpha value is -2.73. The van der Waals surface area contributed by atoms with Crippen molar-refractivity contribution in [2.45, 2.75) is 32.8 Å². The van der Waals surface area contributed by atoms with Gasteiger partial charge in [0, 0.05) is 17.9 Å². The summed E-state index contributed by atoms with van der Waals surface area (Å²) in [6.07, 6.45) is 2.07. The molecule has 0 spiro atoms. The van der Waals surface area contributed by atoms with E-state index < -0.39 is 0 Å². The third-order valence-electron chi connectivity index (χ3n) is 4.59. The molecule has 1 aliphatic heterocycles. The van der Waals surface area contributed by atoms with Gasteiger partial charge in [-0.25, -0.2) is 9.38 Å². The SMILES string of the molecule is Cc1ccc(NC(=NCC2CCCO2)NC(=O)c2ccc(F)cc2)cc1C. The van der Waals surface area contributed by atoms with Gasteiger partial charge in [-0.05, 0) is 74.2 Å². The molecule has 1 saturated heterocycles. The highest BCUT2D eigenvalue weighted by atomic mass is 19.1. The molecule has 1 unspecified atom stereocenters. The van der Waals surface area contributed by atoms with E-state index in [2.05, 4.69) is 15.6 Å². The van der Waals surface area contributed by atoms with E-state index in [1.165, 1.54) is 29.8 Å². The summed E-state index contributed by atoms with van der Waals surface area (Å²) in [4.78, 5) is 17.0. The molecule has 0 aliphatic carbocycles. The first-order valence-electron chi connectivity index (χ1n) is 9.08. The summed E-state index contributed by atoms with van der Waals surface area (Å²) in [6.45, 7) is 5.29. The van der Waals surface area contributed by atoms with E-state index in [0.29, 0.717) is 18.1 Å². The lowest BCUT2D eigenvalue weighted by Crippen LogP contribution is -2.36. The summed E-state index contributed by atoms with van der Waals surface area (Å²) >= 11 is 0. The Kier molecular flexibility index (Phi) is 6.19. The van der Waals surface area contributed by atoms with Crippen molar-refractivity contribution in [3.63, 3.8) is 0 Å². The molecule has 1 heterocycles. The smallest absolute Gasteiger partial charge is 0.257 e. The summed E-state index contributed by atoms with van der Waals surface area (Å²) < 4.78 is 18.7. The Labute approximate surface area is 158 Å². The van der Waals surface area contributed by atoms with Crippen LogP contribution in [0.1, 0.15) is 34.3 Å². The van der Waals surface area contributed by atoms with E-state index in [-0.39, 0.29) is 17.8 Å². The number of hydrogen-bond donors (Lipinski definition) is 2. The predicted molar refractivity (Wildman–Crippen MR) is 105 cm³/mol. The number of amides is 1. The number of ether oxygens (including phenoxy) is 1. The van der Waals surface area contributed by atoms with E-state index in [1.807, 2.05) is 32.0 Å². The summed E-state index contributed by atoms with van der Waals surface area (Å²) in [5, 5.41) is 5.95. The minimum atomic E-state index is -0.382. The van der Waals surface area contributed by atoms with Crippen molar-refractivity contribution in [1.82, 2.24) is 5.32 Å². The highest BCUT2D eigenvalue weighted by Crippen LogP contribution is 2.15. The summed E-state index contributed by atoms with van der Waals surface area (Å²) in [6, 6.07) is 11.4. The summed E-state index contributed by atoms with van der Waals surface area (Å²) in [5.41, 5.74) is 3.53. The monoisotopic (exact) mass is 369 g/mol. The third kappa shape index (κ3) is 5.37. The fourth-order valence-corrected chi connectivity index (χ4v) is 2.83. The van der Waals surface area contributed by atoms with E-state index in [0.717, 1.165) is 30.7 Å². The second kappa shape index (κ2) is 8.77. The van der Waals surface area contributed by atoms with Crippen LogP contribution < -0.4 is 10.6 Å². The number of aryl methyl sites for hydroxylation is 2. The maximum atomic E-state index is 13.1. The van der Waals surface area contributed by atoms with E-state index in [1.54, 1.807) is 0 Å². The van der Waals surface area contributed by atoms with Crippen LogP contribution in [-0.2, 0) is 4.74 Å². The lowest BCUT2D eigenvalue weighted by molar-refractivity contribution is 0.0975.